The fourth-order valence-electron chi connectivity index (χ4n) is 3.77. The standard InChI is InChI=1S/C25H25N3O5S/c1-15-12-16(2)23(17(3)13-15)33-25-20(8-9-21(27-25)19-10-11-32-14-19)24(29)28-34(30,31)22-7-5-6-18(4)26-22/h5-9,12-14H,10-11H2,1-4H3,(H,28,29). The van der Waals surface area contributed by atoms with Gasteiger partial charge < -0.3 is 9.47 Å². The van der Waals surface area contributed by atoms with E-state index >= 15 is 0 Å². The molecule has 1 N–H and O–H groups in total. The second-order valence-corrected chi connectivity index (χ2v) is 9.82. The van der Waals surface area contributed by atoms with Crippen LogP contribution in [-0.4, -0.2) is 30.9 Å². The van der Waals surface area contributed by atoms with Crippen molar-refractivity contribution in [2.75, 3.05) is 6.61 Å². The molecule has 9 heteroatoms. The summed E-state index contributed by atoms with van der Waals surface area (Å²) >= 11 is 0. The van der Waals surface area contributed by atoms with Gasteiger partial charge in [-0.05, 0) is 63.1 Å². The van der Waals surface area contributed by atoms with Gasteiger partial charge in [0, 0.05) is 17.7 Å². The van der Waals surface area contributed by atoms with Crippen molar-refractivity contribution >= 4 is 21.5 Å². The van der Waals surface area contributed by atoms with Gasteiger partial charge in [0.2, 0.25) is 5.88 Å². The number of hydrogen-bond acceptors (Lipinski definition) is 7. The highest BCUT2D eigenvalue weighted by Crippen LogP contribution is 2.33. The van der Waals surface area contributed by atoms with Crippen LogP contribution in [0.25, 0.3) is 5.57 Å². The molecule has 3 heterocycles. The lowest BCUT2D eigenvalue weighted by molar-refractivity contribution is 0.0978. The molecule has 1 aliphatic rings. The Labute approximate surface area is 198 Å². The molecule has 2 aromatic heterocycles. The van der Waals surface area contributed by atoms with Crippen molar-refractivity contribution < 1.29 is 22.7 Å². The maximum Gasteiger partial charge on any atom is 0.281 e. The van der Waals surface area contributed by atoms with Gasteiger partial charge in [0.05, 0.1) is 18.6 Å². The summed E-state index contributed by atoms with van der Waals surface area (Å²) in [4.78, 5) is 21.7. The van der Waals surface area contributed by atoms with Crippen LogP contribution in [0.5, 0.6) is 11.6 Å². The number of benzene rings is 1. The topological polar surface area (TPSA) is 107 Å². The quantitative estimate of drug-likeness (QED) is 0.559. The third-order valence-corrected chi connectivity index (χ3v) is 6.55. The molecule has 3 aromatic rings. The number of aryl methyl sites for hydroxylation is 4. The number of rotatable bonds is 6. The minimum atomic E-state index is -4.19. The van der Waals surface area contributed by atoms with Crippen molar-refractivity contribution in [1.82, 2.24) is 14.7 Å². The molecule has 0 saturated carbocycles. The third-order valence-electron chi connectivity index (χ3n) is 5.32. The highest BCUT2D eigenvalue weighted by molar-refractivity contribution is 7.90. The number of hydrogen-bond donors (Lipinski definition) is 1. The van der Waals surface area contributed by atoms with Gasteiger partial charge in [-0.25, -0.2) is 14.7 Å². The first kappa shape index (κ1) is 23.4. The van der Waals surface area contributed by atoms with Crippen LogP contribution in [0.2, 0.25) is 0 Å². The Morgan fingerprint density at radius 3 is 2.41 bits per heavy atom. The number of carbonyl (C=O) groups excluding carboxylic acids is 1. The molecule has 0 unspecified atom stereocenters. The molecule has 1 aliphatic heterocycles. The van der Waals surface area contributed by atoms with E-state index in [4.69, 9.17) is 9.47 Å². The zero-order valence-corrected chi connectivity index (χ0v) is 20.2. The highest BCUT2D eigenvalue weighted by Gasteiger charge is 2.25. The number of nitrogens with zero attached hydrogens (tertiary/aromatic N) is 2. The van der Waals surface area contributed by atoms with Crippen molar-refractivity contribution in [3.05, 3.63) is 82.4 Å². The minimum absolute atomic E-state index is 0.00487. The Morgan fingerprint density at radius 1 is 1.03 bits per heavy atom. The van der Waals surface area contributed by atoms with E-state index in [1.165, 1.54) is 12.1 Å². The zero-order chi connectivity index (χ0) is 24.5. The van der Waals surface area contributed by atoms with Crippen molar-refractivity contribution in [2.24, 2.45) is 0 Å². The first-order chi connectivity index (χ1) is 16.1. The van der Waals surface area contributed by atoms with Gasteiger partial charge in [0.15, 0.2) is 5.03 Å². The molecule has 0 aliphatic carbocycles. The average Bonchev–Trinajstić information content (AvgIpc) is 3.31. The molecule has 0 saturated heterocycles. The van der Waals surface area contributed by atoms with E-state index in [9.17, 15) is 13.2 Å². The Morgan fingerprint density at radius 2 is 1.76 bits per heavy atom. The molecule has 0 spiro atoms. The number of ether oxygens (including phenoxy) is 2. The lowest BCUT2D eigenvalue weighted by atomic mass is 10.1. The summed E-state index contributed by atoms with van der Waals surface area (Å²) < 4.78 is 39.1. The van der Waals surface area contributed by atoms with Gasteiger partial charge in [-0.3, -0.25) is 4.79 Å². The number of amides is 1. The van der Waals surface area contributed by atoms with Gasteiger partial charge in [0.25, 0.3) is 15.9 Å². The summed E-state index contributed by atoms with van der Waals surface area (Å²) in [5.41, 5.74) is 4.78. The molecule has 0 fully saturated rings. The predicted octanol–water partition coefficient (Wildman–Crippen LogP) is 4.38. The number of pyridine rings is 2. The summed E-state index contributed by atoms with van der Waals surface area (Å²) in [6.07, 6.45) is 2.30. The maximum absolute atomic E-state index is 13.1. The van der Waals surface area contributed by atoms with Crippen LogP contribution in [0.15, 0.2) is 53.8 Å². The van der Waals surface area contributed by atoms with E-state index in [0.29, 0.717) is 30.2 Å². The van der Waals surface area contributed by atoms with E-state index in [-0.39, 0.29) is 16.5 Å². The Bertz CT molecular complexity index is 1390. The van der Waals surface area contributed by atoms with E-state index < -0.39 is 15.9 Å². The van der Waals surface area contributed by atoms with Crippen LogP contribution in [-0.2, 0) is 14.8 Å². The van der Waals surface area contributed by atoms with E-state index in [1.807, 2.05) is 32.9 Å². The SMILES string of the molecule is Cc1cc(C)c(Oc2nc(C3=COCC3)ccc2C(=O)NS(=O)(=O)c2cccc(C)n2)c(C)c1. The Balaban J connectivity index is 1.73. The maximum atomic E-state index is 13.1. The molecule has 1 amide bonds. The molecule has 0 atom stereocenters. The Hall–Kier alpha value is -3.72. The summed E-state index contributed by atoms with van der Waals surface area (Å²) in [6, 6.07) is 11.6. The first-order valence-corrected chi connectivity index (χ1v) is 12.2. The van der Waals surface area contributed by atoms with Crippen LogP contribution < -0.4 is 9.46 Å². The van der Waals surface area contributed by atoms with Crippen molar-refractivity contribution in [3.8, 4) is 11.6 Å². The molecule has 4 rings (SSSR count). The van der Waals surface area contributed by atoms with Gasteiger partial charge in [-0.2, -0.15) is 8.42 Å². The molecule has 0 radical (unpaired) electrons. The number of aromatic nitrogens is 2. The second-order valence-electron chi connectivity index (χ2n) is 8.19. The lowest BCUT2D eigenvalue weighted by Crippen LogP contribution is -2.31. The fourth-order valence-corrected chi connectivity index (χ4v) is 4.75. The monoisotopic (exact) mass is 479 g/mol. The van der Waals surface area contributed by atoms with E-state index in [2.05, 4.69) is 14.7 Å². The van der Waals surface area contributed by atoms with Crippen LogP contribution >= 0.6 is 0 Å². The van der Waals surface area contributed by atoms with Crippen molar-refractivity contribution in [2.45, 2.75) is 39.1 Å². The van der Waals surface area contributed by atoms with Crippen LogP contribution in [0, 0.1) is 27.7 Å². The molecule has 34 heavy (non-hydrogen) atoms. The summed E-state index contributed by atoms with van der Waals surface area (Å²) in [6.45, 7) is 8.01. The minimum Gasteiger partial charge on any atom is -0.500 e. The molecule has 8 nitrogen and oxygen atoms in total. The number of carbonyl (C=O) groups is 1. The van der Waals surface area contributed by atoms with Crippen LogP contribution in [0.1, 0.15) is 44.9 Å². The summed E-state index contributed by atoms with van der Waals surface area (Å²) in [7, 11) is -4.19. The predicted molar refractivity (Wildman–Crippen MR) is 127 cm³/mol. The number of nitrogens with one attached hydrogen (secondary N) is 1. The van der Waals surface area contributed by atoms with Gasteiger partial charge in [0.1, 0.15) is 11.3 Å². The normalized spacial score (nSPS) is 13.2. The van der Waals surface area contributed by atoms with Crippen LogP contribution in [0.3, 0.4) is 0 Å². The largest absolute Gasteiger partial charge is 0.500 e. The molecule has 0 bridgehead atoms. The first-order valence-electron chi connectivity index (χ1n) is 10.7. The average molecular weight is 480 g/mol. The lowest BCUT2D eigenvalue weighted by Gasteiger charge is -2.16. The third kappa shape index (κ3) is 4.94. The summed E-state index contributed by atoms with van der Waals surface area (Å²) in [5.74, 6) is -0.300. The van der Waals surface area contributed by atoms with E-state index in [1.54, 1.807) is 31.4 Å². The molecule has 1 aromatic carbocycles. The molecular formula is C25H25N3O5S. The van der Waals surface area contributed by atoms with E-state index in [0.717, 1.165) is 22.3 Å². The summed E-state index contributed by atoms with van der Waals surface area (Å²) in [5, 5.41) is -0.244. The van der Waals surface area contributed by atoms with Crippen molar-refractivity contribution in [1.29, 1.82) is 0 Å². The van der Waals surface area contributed by atoms with Crippen molar-refractivity contribution in [3.63, 3.8) is 0 Å². The van der Waals surface area contributed by atoms with Crippen LogP contribution in [0.4, 0.5) is 0 Å². The highest BCUT2D eigenvalue weighted by atomic mass is 32.2. The smallest absolute Gasteiger partial charge is 0.281 e. The number of sulfonamides is 1. The molecule has 176 valence electrons. The van der Waals surface area contributed by atoms with Gasteiger partial charge in [-0.15, -0.1) is 0 Å². The Kier molecular flexibility index (Phi) is 6.39. The fraction of sp³-hybridized carbons (Fsp3) is 0.240. The molecular weight excluding hydrogens is 454 g/mol. The second kappa shape index (κ2) is 9.26. The zero-order valence-electron chi connectivity index (χ0n) is 19.4. The van der Waals surface area contributed by atoms with Gasteiger partial charge >= 0.3 is 0 Å². The van der Waals surface area contributed by atoms with Gasteiger partial charge in [-0.1, -0.05) is 23.8 Å².